The first kappa shape index (κ1) is 12.0. The lowest BCUT2D eigenvalue weighted by molar-refractivity contribution is 0.0192. The molecule has 0 aromatic rings. The Morgan fingerprint density at radius 2 is 2.29 bits per heavy atom. The van der Waals surface area contributed by atoms with E-state index in [-0.39, 0.29) is 18.1 Å². The monoisotopic (exact) mass is 202 g/mol. The van der Waals surface area contributed by atoms with Crippen LogP contribution in [-0.4, -0.2) is 38.1 Å². The molecule has 1 aliphatic rings. The van der Waals surface area contributed by atoms with E-state index in [1.54, 1.807) is 7.11 Å². The van der Waals surface area contributed by atoms with Gasteiger partial charge in [0.25, 0.3) is 0 Å². The third-order valence-corrected chi connectivity index (χ3v) is 3.42. The van der Waals surface area contributed by atoms with Gasteiger partial charge in [-0.2, -0.15) is 0 Å². The molecule has 0 aliphatic carbocycles. The SMILES string of the molecule is COCCCCC1(CO)CCOC1C. The number of aliphatic hydroxyl groups excluding tert-OH is 1. The van der Waals surface area contributed by atoms with Gasteiger partial charge >= 0.3 is 0 Å². The Morgan fingerprint density at radius 3 is 2.79 bits per heavy atom. The zero-order valence-corrected chi connectivity index (χ0v) is 9.29. The molecule has 0 saturated carbocycles. The highest BCUT2D eigenvalue weighted by Crippen LogP contribution is 2.38. The molecule has 0 aromatic carbocycles. The standard InChI is InChI=1S/C11H22O3/c1-10-11(9-12,6-8-14-10)5-3-4-7-13-2/h10,12H,3-9H2,1-2H3. The van der Waals surface area contributed by atoms with Crippen LogP contribution < -0.4 is 0 Å². The summed E-state index contributed by atoms with van der Waals surface area (Å²) in [7, 11) is 1.73. The van der Waals surface area contributed by atoms with E-state index < -0.39 is 0 Å². The Morgan fingerprint density at radius 1 is 1.50 bits per heavy atom. The quantitative estimate of drug-likeness (QED) is 0.665. The molecule has 84 valence electrons. The molecule has 14 heavy (non-hydrogen) atoms. The fourth-order valence-electron chi connectivity index (χ4n) is 2.16. The lowest BCUT2D eigenvalue weighted by Crippen LogP contribution is -2.32. The van der Waals surface area contributed by atoms with Crippen molar-refractivity contribution in [2.24, 2.45) is 5.41 Å². The van der Waals surface area contributed by atoms with Crippen LogP contribution in [0.5, 0.6) is 0 Å². The van der Waals surface area contributed by atoms with E-state index in [0.717, 1.165) is 38.9 Å². The number of unbranched alkanes of at least 4 members (excludes halogenated alkanes) is 1. The average Bonchev–Trinajstić information content (AvgIpc) is 2.56. The average molecular weight is 202 g/mol. The van der Waals surface area contributed by atoms with Crippen LogP contribution in [0.25, 0.3) is 0 Å². The second-order valence-electron chi connectivity index (χ2n) is 4.23. The second kappa shape index (κ2) is 5.69. The Labute approximate surface area is 86.4 Å². The molecule has 1 fully saturated rings. The molecule has 1 aliphatic heterocycles. The second-order valence-corrected chi connectivity index (χ2v) is 4.23. The molecule has 0 aromatic heterocycles. The van der Waals surface area contributed by atoms with Crippen molar-refractivity contribution in [1.29, 1.82) is 0 Å². The lowest BCUT2D eigenvalue weighted by Gasteiger charge is -2.29. The maximum Gasteiger partial charge on any atom is 0.0625 e. The molecule has 0 radical (unpaired) electrons. The van der Waals surface area contributed by atoms with Crippen LogP contribution in [0.3, 0.4) is 0 Å². The van der Waals surface area contributed by atoms with Gasteiger partial charge in [0.15, 0.2) is 0 Å². The van der Waals surface area contributed by atoms with Gasteiger partial charge in [0.1, 0.15) is 0 Å². The summed E-state index contributed by atoms with van der Waals surface area (Å²) in [5.41, 5.74) is 0.0216. The van der Waals surface area contributed by atoms with Crippen molar-refractivity contribution in [3.05, 3.63) is 0 Å². The van der Waals surface area contributed by atoms with Gasteiger partial charge in [0, 0.05) is 25.7 Å². The summed E-state index contributed by atoms with van der Waals surface area (Å²) in [5.74, 6) is 0. The Hall–Kier alpha value is -0.120. The zero-order valence-electron chi connectivity index (χ0n) is 9.29. The first-order valence-corrected chi connectivity index (χ1v) is 5.46. The molecular formula is C11H22O3. The molecule has 0 bridgehead atoms. The molecular weight excluding hydrogens is 180 g/mol. The van der Waals surface area contributed by atoms with E-state index in [0.29, 0.717) is 0 Å². The Balaban J connectivity index is 2.30. The van der Waals surface area contributed by atoms with Crippen LogP contribution in [0.15, 0.2) is 0 Å². The predicted octanol–water partition coefficient (Wildman–Crippen LogP) is 1.59. The lowest BCUT2D eigenvalue weighted by atomic mass is 9.78. The molecule has 1 heterocycles. The first-order valence-electron chi connectivity index (χ1n) is 5.46. The van der Waals surface area contributed by atoms with E-state index in [1.807, 2.05) is 0 Å². The van der Waals surface area contributed by atoms with Crippen LogP contribution >= 0.6 is 0 Å². The molecule has 0 amide bonds. The predicted molar refractivity (Wildman–Crippen MR) is 55.3 cm³/mol. The normalized spacial score (nSPS) is 32.4. The summed E-state index contributed by atoms with van der Waals surface area (Å²) in [6.07, 6.45) is 4.44. The van der Waals surface area contributed by atoms with Crippen molar-refractivity contribution in [2.45, 2.75) is 38.7 Å². The molecule has 2 unspecified atom stereocenters. The molecule has 1 saturated heterocycles. The van der Waals surface area contributed by atoms with Crippen LogP contribution in [0.1, 0.15) is 32.6 Å². The summed E-state index contributed by atoms with van der Waals surface area (Å²) in [6, 6.07) is 0. The summed E-state index contributed by atoms with van der Waals surface area (Å²) in [4.78, 5) is 0. The number of rotatable bonds is 6. The van der Waals surface area contributed by atoms with Gasteiger partial charge in [-0.05, 0) is 26.2 Å². The minimum absolute atomic E-state index is 0.0216. The molecule has 0 spiro atoms. The zero-order chi connectivity index (χ0) is 10.4. The topological polar surface area (TPSA) is 38.7 Å². The van der Waals surface area contributed by atoms with E-state index in [4.69, 9.17) is 9.47 Å². The summed E-state index contributed by atoms with van der Waals surface area (Å²) in [5, 5.41) is 9.43. The van der Waals surface area contributed by atoms with Gasteiger partial charge in [0.05, 0.1) is 12.7 Å². The van der Waals surface area contributed by atoms with Crippen molar-refractivity contribution < 1.29 is 14.6 Å². The highest BCUT2D eigenvalue weighted by atomic mass is 16.5. The minimum atomic E-state index is 0.0216. The highest BCUT2D eigenvalue weighted by Gasteiger charge is 2.40. The van der Waals surface area contributed by atoms with Gasteiger partial charge in [-0.1, -0.05) is 6.42 Å². The minimum Gasteiger partial charge on any atom is -0.396 e. The van der Waals surface area contributed by atoms with E-state index >= 15 is 0 Å². The molecule has 3 nitrogen and oxygen atoms in total. The van der Waals surface area contributed by atoms with Crippen LogP contribution in [0, 0.1) is 5.41 Å². The van der Waals surface area contributed by atoms with Crippen LogP contribution in [0.4, 0.5) is 0 Å². The molecule has 3 heteroatoms. The van der Waals surface area contributed by atoms with Crippen LogP contribution in [0.2, 0.25) is 0 Å². The van der Waals surface area contributed by atoms with Gasteiger partial charge in [-0.25, -0.2) is 0 Å². The van der Waals surface area contributed by atoms with Crippen molar-refractivity contribution in [3.8, 4) is 0 Å². The van der Waals surface area contributed by atoms with Crippen LogP contribution in [-0.2, 0) is 9.47 Å². The van der Waals surface area contributed by atoms with Gasteiger partial charge in [-0.3, -0.25) is 0 Å². The molecule has 1 rings (SSSR count). The van der Waals surface area contributed by atoms with Crippen molar-refractivity contribution in [3.63, 3.8) is 0 Å². The maximum absolute atomic E-state index is 9.43. The summed E-state index contributed by atoms with van der Waals surface area (Å²) < 4.78 is 10.5. The summed E-state index contributed by atoms with van der Waals surface area (Å²) >= 11 is 0. The van der Waals surface area contributed by atoms with Gasteiger partial charge < -0.3 is 14.6 Å². The smallest absolute Gasteiger partial charge is 0.0625 e. The third-order valence-electron chi connectivity index (χ3n) is 3.42. The van der Waals surface area contributed by atoms with E-state index in [9.17, 15) is 5.11 Å². The number of hydrogen-bond acceptors (Lipinski definition) is 3. The highest BCUT2D eigenvalue weighted by molar-refractivity contribution is 4.88. The Kier molecular flexibility index (Phi) is 4.85. The number of ether oxygens (including phenoxy) is 2. The fourth-order valence-corrected chi connectivity index (χ4v) is 2.16. The number of aliphatic hydroxyl groups is 1. The molecule has 1 N–H and O–H groups in total. The number of methoxy groups -OCH3 is 1. The van der Waals surface area contributed by atoms with Crippen molar-refractivity contribution in [2.75, 3.05) is 26.9 Å². The van der Waals surface area contributed by atoms with Gasteiger partial charge in [0.2, 0.25) is 0 Å². The number of hydrogen-bond donors (Lipinski definition) is 1. The summed E-state index contributed by atoms with van der Waals surface area (Å²) in [6.45, 7) is 3.93. The Bertz CT molecular complexity index is 161. The first-order chi connectivity index (χ1) is 6.75. The van der Waals surface area contributed by atoms with E-state index in [1.165, 1.54) is 0 Å². The third kappa shape index (κ3) is 2.69. The van der Waals surface area contributed by atoms with E-state index in [2.05, 4.69) is 6.92 Å². The van der Waals surface area contributed by atoms with Crippen molar-refractivity contribution >= 4 is 0 Å². The maximum atomic E-state index is 9.43. The van der Waals surface area contributed by atoms with Crippen molar-refractivity contribution in [1.82, 2.24) is 0 Å². The largest absolute Gasteiger partial charge is 0.396 e. The molecule has 2 atom stereocenters. The fraction of sp³-hybridized carbons (Fsp3) is 1.00. The van der Waals surface area contributed by atoms with Gasteiger partial charge in [-0.15, -0.1) is 0 Å².